The number of hydrogen-bond donors (Lipinski definition) is 3. The van der Waals surface area contributed by atoms with Crippen molar-refractivity contribution in [3.8, 4) is 5.75 Å². The lowest BCUT2D eigenvalue weighted by molar-refractivity contribution is 0.0945. The zero-order chi connectivity index (χ0) is 15.2. The van der Waals surface area contributed by atoms with Gasteiger partial charge in [0, 0.05) is 17.4 Å². The number of nitrogens with one attached hydrogen (secondary N) is 2. The number of anilines is 1. The van der Waals surface area contributed by atoms with Crippen LogP contribution in [0.5, 0.6) is 5.75 Å². The molecule has 0 aliphatic heterocycles. The largest absolute Gasteiger partial charge is 0.492 e. The summed E-state index contributed by atoms with van der Waals surface area (Å²) in [4.78, 5) is 26.0. The third-order valence-electron chi connectivity index (χ3n) is 2.81. The Balaban J connectivity index is 1.83. The van der Waals surface area contributed by atoms with Crippen molar-refractivity contribution in [2.45, 2.75) is 6.92 Å². The second-order valence-electron chi connectivity index (χ2n) is 4.56. The molecule has 1 aromatic carbocycles. The van der Waals surface area contributed by atoms with E-state index < -0.39 is 11.5 Å². The molecule has 0 aliphatic carbocycles. The van der Waals surface area contributed by atoms with Crippen molar-refractivity contribution in [1.82, 2.24) is 10.3 Å². The first-order chi connectivity index (χ1) is 10.1. The molecule has 0 unspecified atom stereocenters. The average molecular weight is 287 g/mol. The maximum Gasteiger partial charge on any atom is 0.260 e. The fraction of sp³-hybridized carbons (Fsp3) is 0.200. The first-order valence-corrected chi connectivity index (χ1v) is 6.53. The summed E-state index contributed by atoms with van der Waals surface area (Å²) in [6.45, 7) is 2.34. The van der Waals surface area contributed by atoms with Crippen LogP contribution in [0.1, 0.15) is 16.1 Å². The molecule has 0 fully saturated rings. The van der Waals surface area contributed by atoms with Gasteiger partial charge < -0.3 is 20.8 Å². The minimum Gasteiger partial charge on any atom is -0.492 e. The first-order valence-electron chi connectivity index (χ1n) is 6.53. The number of carbonyl (C=O) groups is 1. The number of aryl methyl sites for hydroxylation is 1. The molecule has 1 amide bonds. The number of nitrogen functional groups attached to an aromatic ring is 1. The Bertz CT molecular complexity index is 695. The molecule has 4 N–H and O–H groups in total. The Morgan fingerprint density at radius 2 is 2.14 bits per heavy atom. The summed E-state index contributed by atoms with van der Waals surface area (Å²) in [7, 11) is 0. The molecular formula is C15H17N3O3. The fourth-order valence-electron chi connectivity index (χ4n) is 1.78. The number of hydrogen-bond acceptors (Lipinski definition) is 4. The van der Waals surface area contributed by atoms with Gasteiger partial charge in [-0.1, -0.05) is 6.07 Å². The van der Waals surface area contributed by atoms with E-state index in [4.69, 9.17) is 10.5 Å². The van der Waals surface area contributed by atoms with Gasteiger partial charge in [0.05, 0.1) is 6.54 Å². The third-order valence-corrected chi connectivity index (χ3v) is 2.81. The molecule has 1 heterocycles. The van der Waals surface area contributed by atoms with Gasteiger partial charge in [-0.15, -0.1) is 0 Å². The Morgan fingerprint density at radius 3 is 2.86 bits per heavy atom. The molecule has 110 valence electrons. The SMILES string of the molecule is Cc1ccc(C(=O)NCCOc2cccc(N)c2)c(=O)[nH]1. The van der Waals surface area contributed by atoms with E-state index in [1.165, 1.54) is 6.07 Å². The van der Waals surface area contributed by atoms with Crippen molar-refractivity contribution >= 4 is 11.6 Å². The van der Waals surface area contributed by atoms with Gasteiger partial charge in [0.2, 0.25) is 0 Å². The molecule has 1 aromatic heterocycles. The number of pyridine rings is 1. The Morgan fingerprint density at radius 1 is 1.33 bits per heavy atom. The number of carbonyl (C=O) groups excluding carboxylic acids is 1. The maximum absolute atomic E-state index is 11.8. The van der Waals surface area contributed by atoms with E-state index in [1.54, 1.807) is 37.3 Å². The second kappa shape index (κ2) is 6.60. The molecule has 0 saturated heterocycles. The van der Waals surface area contributed by atoms with E-state index in [-0.39, 0.29) is 5.56 Å². The number of benzene rings is 1. The van der Waals surface area contributed by atoms with Crippen LogP contribution in [0.15, 0.2) is 41.2 Å². The lowest BCUT2D eigenvalue weighted by atomic mass is 10.2. The molecule has 0 spiro atoms. The smallest absolute Gasteiger partial charge is 0.260 e. The Labute approximate surface area is 121 Å². The van der Waals surface area contributed by atoms with Crippen molar-refractivity contribution in [2.75, 3.05) is 18.9 Å². The topological polar surface area (TPSA) is 97.2 Å². The number of H-pyrrole nitrogens is 1. The Kier molecular flexibility index (Phi) is 4.61. The van der Waals surface area contributed by atoms with E-state index >= 15 is 0 Å². The number of rotatable bonds is 5. The lowest BCUT2D eigenvalue weighted by Crippen LogP contribution is -2.32. The van der Waals surface area contributed by atoms with E-state index in [1.807, 2.05) is 0 Å². The predicted octanol–water partition coefficient (Wildman–Crippen LogP) is 1.07. The number of nitrogens with two attached hydrogens (primary N) is 1. The van der Waals surface area contributed by atoms with Crippen LogP contribution in [0.2, 0.25) is 0 Å². The van der Waals surface area contributed by atoms with Crippen LogP contribution < -0.4 is 21.3 Å². The molecule has 0 bridgehead atoms. The molecule has 0 aliphatic rings. The van der Waals surface area contributed by atoms with Gasteiger partial charge >= 0.3 is 0 Å². The number of aromatic amines is 1. The van der Waals surface area contributed by atoms with Crippen LogP contribution in [0.3, 0.4) is 0 Å². The predicted molar refractivity (Wildman–Crippen MR) is 80.5 cm³/mol. The number of aromatic nitrogens is 1. The summed E-state index contributed by atoms with van der Waals surface area (Å²) >= 11 is 0. The summed E-state index contributed by atoms with van der Waals surface area (Å²) in [6.07, 6.45) is 0. The van der Waals surface area contributed by atoms with Gasteiger partial charge in [-0.05, 0) is 31.2 Å². The molecule has 0 saturated carbocycles. The average Bonchev–Trinajstić information content (AvgIpc) is 2.43. The van der Waals surface area contributed by atoms with E-state index in [0.717, 1.165) is 0 Å². The van der Waals surface area contributed by atoms with Crippen LogP contribution in [-0.2, 0) is 0 Å². The van der Waals surface area contributed by atoms with Crippen LogP contribution in [0.25, 0.3) is 0 Å². The zero-order valence-electron chi connectivity index (χ0n) is 11.7. The van der Waals surface area contributed by atoms with Crippen molar-refractivity contribution in [3.63, 3.8) is 0 Å². The van der Waals surface area contributed by atoms with Crippen molar-refractivity contribution < 1.29 is 9.53 Å². The summed E-state index contributed by atoms with van der Waals surface area (Å²) in [5.41, 5.74) is 6.64. The van der Waals surface area contributed by atoms with Crippen molar-refractivity contribution in [1.29, 1.82) is 0 Å². The van der Waals surface area contributed by atoms with Crippen molar-refractivity contribution in [3.05, 3.63) is 58.0 Å². The number of ether oxygens (including phenoxy) is 1. The normalized spacial score (nSPS) is 10.1. The molecule has 0 radical (unpaired) electrons. The second-order valence-corrected chi connectivity index (χ2v) is 4.56. The van der Waals surface area contributed by atoms with Gasteiger partial charge in [0.25, 0.3) is 11.5 Å². The highest BCUT2D eigenvalue weighted by atomic mass is 16.5. The van der Waals surface area contributed by atoms with Crippen molar-refractivity contribution in [2.24, 2.45) is 0 Å². The van der Waals surface area contributed by atoms with E-state index in [2.05, 4.69) is 10.3 Å². The highest BCUT2D eigenvalue weighted by Crippen LogP contribution is 2.13. The zero-order valence-corrected chi connectivity index (χ0v) is 11.7. The molecule has 2 aromatic rings. The summed E-state index contributed by atoms with van der Waals surface area (Å²) in [5, 5.41) is 2.63. The van der Waals surface area contributed by atoms with Crippen LogP contribution in [0, 0.1) is 6.92 Å². The highest BCUT2D eigenvalue weighted by molar-refractivity contribution is 5.93. The molecule has 21 heavy (non-hydrogen) atoms. The van der Waals surface area contributed by atoms with Gasteiger partial charge in [-0.25, -0.2) is 0 Å². The van der Waals surface area contributed by atoms with Gasteiger partial charge in [-0.3, -0.25) is 9.59 Å². The molecular weight excluding hydrogens is 270 g/mol. The fourth-order valence-corrected chi connectivity index (χ4v) is 1.78. The quantitative estimate of drug-likeness (QED) is 0.566. The monoisotopic (exact) mass is 287 g/mol. The van der Waals surface area contributed by atoms with Crippen LogP contribution >= 0.6 is 0 Å². The molecule has 6 nitrogen and oxygen atoms in total. The van der Waals surface area contributed by atoms with Crippen LogP contribution in [0.4, 0.5) is 5.69 Å². The van der Waals surface area contributed by atoms with Gasteiger partial charge in [0.1, 0.15) is 17.9 Å². The lowest BCUT2D eigenvalue weighted by Gasteiger charge is -2.08. The van der Waals surface area contributed by atoms with Gasteiger partial charge in [-0.2, -0.15) is 0 Å². The summed E-state index contributed by atoms with van der Waals surface area (Å²) in [6, 6.07) is 10.2. The Hall–Kier alpha value is -2.76. The molecule has 0 atom stereocenters. The van der Waals surface area contributed by atoms with Crippen LogP contribution in [-0.4, -0.2) is 24.0 Å². The maximum atomic E-state index is 11.8. The molecule has 6 heteroatoms. The first kappa shape index (κ1) is 14.6. The minimum absolute atomic E-state index is 0.0876. The summed E-state index contributed by atoms with van der Waals surface area (Å²) < 4.78 is 5.44. The minimum atomic E-state index is -0.424. The van der Waals surface area contributed by atoms with E-state index in [9.17, 15) is 9.59 Å². The van der Waals surface area contributed by atoms with E-state index in [0.29, 0.717) is 30.3 Å². The molecule has 2 rings (SSSR count). The highest BCUT2D eigenvalue weighted by Gasteiger charge is 2.09. The standard InChI is InChI=1S/C15H17N3O3/c1-10-5-6-13(15(20)18-10)14(19)17-7-8-21-12-4-2-3-11(16)9-12/h2-6,9H,7-8,16H2,1H3,(H,17,19)(H,18,20). The number of amides is 1. The third kappa shape index (κ3) is 4.10. The summed E-state index contributed by atoms with van der Waals surface area (Å²) in [5.74, 6) is 0.213. The van der Waals surface area contributed by atoms with Gasteiger partial charge in [0.15, 0.2) is 0 Å².